The van der Waals surface area contributed by atoms with Crippen molar-refractivity contribution in [1.29, 1.82) is 0 Å². The standard InChI is InChI=1S/C15H19ClFIN2O/c1-3-4-6-21-7-5-20-14-8-11(17)12(18)9-13(14)19-15(20)10(2)16/h8-10H,3-7H2,1-2H3. The minimum absolute atomic E-state index is 0.228. The van der Waals surface area contributed by atoms with E-state index in [0.29, 0.717) is 16.7 Å². The summed E-state index contributed by atoms with van der Waals surface area (Å²) in [6.45, 7) is 5.96. The zero-order valence-corrected chi connectivity index (χ0v) is 15.1. The molecule has 3 nitrogen and oxygen atoms in total. The van der Waals surface area contributed by atoms with Crippen LogP contribution in [0.1, 0.15) is 37.9 Å². The Bertz CT molecular complexity index is 615. The molecule has 0 fully saturated rings. The predicted molar refractivity (Wildman–Crippen MR) is 92.4 cm³/mol. The van der Waals surface area contributed by atoms with Crippen molar-refractivity contribution in [2.24, 2.45) is 0 Å². The van der Waals surface area contributed by atoms with Crippen molar-refractivity contribution in [2.45, 2.75) is 38.6 Å². The number of benzene rings is 1. The maximum atomic E-state index is 13.8. The Kier molecular flexibility index (Phi) is 6.25. The van der Waals surface area contributed by atoms with Crippen LogP contribution in [0.4, 0.5) is 4.39 Å². The van der Waals surface area contributed by atoms with Gasteiger partial charge < -0.3 is 9.30 Å². The van der Waals surface area contributed by atoms with E-state index in [1.54, 1.807) is 6.07 Å². The lowest BCUT2D eigenvalue weighted by Gasteiger charge is -2.11. The average molecular weight is 425 g/mol. The van der Waals surface area contributed by atoms with Crippen molar-refractivity contribution >= 4 is 45.2 Å². The summed E-state index contributed by atoms with van der Waals surface area (Å²) in [6.07, 6.45) is 2.16. The molecular formula is C15H19ClFIN2O. The van der Waals surface area contributed by atoms with Crippen molar-refractivity contribution in [3.63, 3.8) is 0 Å². The number of hydrogen-bond donors (Lipinski definition) is 0. The quantitative estimate of drug-likeness (QED) is 0.359. The Balaban J connectivity index is 2.26. The number of halogens is 3. The number of imidazole rings is 1. The molecular weight excluding hydrogens is 406 g/mol. The summed E-state index contributed by atoms with van der Waals surface area (Å²) in [6, 6.07) is 3.28. The highest BCUT2D eigenvalue weighted by atomic mass is 127. The molecule has 6 heteroatoms. The van der Waals surface area contributed by atoms with Crippen LogP contribution in [0.15, 0.2) is 12.1 Å². The Morgan fingerprint density at radius 2 is 2.19 bits per heavy atom. The maximum Gasteiger partial charge on any atom is 0.138 e. The first-order chi connectivity index (χ1) is 10.0. The van der Waals surface area contributed by atoms with Crippen LogP contribution in [0.2, 0.25) is 0 Å². The fourth-order valence-corrected chi connectivity index (χ4v) is 2.80. The lowest BCUT2D eigenvalue weighted by molar-refractivity contribution is 0.123. The van der Waals surface area contributed by atoms with E-state index in [-0.39, 0.29) is 11.2 Å². The van der Waals surface area contributed by atoms with E-state index >= 15 is 0 Å². The lowest BCUT2D eigenvalue weighted by atomic mass is 10.3. The second-order valence-corrected chi connectivity index (χ2v) is 6.78. The molecule has 0 amide bonds. The summed E-state index contributed by atoms with van der Waals surface area (Å²) >= 11 is 8.17. The normalized spacial score (nSPS) is 13.0. The van der Waals surface area contributed by atoms with Crippen LogP contribution >= 0.6 is 34.2 Å². The molecule has 0 saturated carbocycles. The molecule has 0 spiro atoms. The zero-order valence-electron chi connectivity index (χ0n) is 12.2. The molecule has 0 N–H and O–H groups in total. The zero-order chi connectivity index (χ0) is 15.4. The van der Waals surface area contributed by atoms with Crippen molar-refractivity contribution in [3.05, 3.63) is 27.3 Å². The van der Waals surface area contributed by atoms with E-state index in [0.717, 1.165) is 36.3 Å². The molecule has 1 aromatic carbocycles. The van der Waals surface area contributed by atoms with Crippen molar-refractivity contribution in [1.82, 2.24) is 9.55 Å². The van der Waals surface area contributed by atoms with Crippen LogP contribution in [0.3, 0.4) is 0 Å². The highest BCUT2D eigenvalue weighted by Gasteiger charge is 2.16. The van der Waals surface area contributed by atoms with Crippen LogP contribution in [-0.2, 0) is 11.3 Å². The fraction of sp³-hybridized carbons (Fsp3) is 0.533. The fourth-order valence-electron chi connectivity index (χ4n) is 2.18. The molecule has 0 bridgehead atoms. The largest absolute Gasteiger partial charge is 0.380 e. The molecule has 2 aromatic rings. The summed E-state index contributed by atoms with van der Waals surface area (Å²) in [5, 5.41) is -0.228. The molecule has 1 aromatic heterocycles. The van der Waals surface area contributed by atoms with Gasteiger partial charge in [0.25, 0.3) is 0 Å². The molecule has 1 heterocycles. The number of hydrogen-bond acceptors (Lipinski definition) is 2. The average Bonchev–Trinajstić information content (AvgIpc) is 2.77. The molecule has 116 valence electrons. The Morgan fingerprint density at radius 1 is 1.43 bits per heavy atom. The maximum absolute atomic E-state index is 13.8. The van der Waals surface area contributed by atoms with Gasteiger partial charge >= 0.3 is 0 Å². The molecule has 1 atom stereocenters. The molecule has 0 radical (unpaired) electrons. The van der Waals surface area contributed by atoms with Gasteiger partial charge in [-0.3, -0.25) is 0 Å². The van der Waals surface area contributed by atoms with Crippen molar-refractivity contribution in [3.8, 4) is 0 Å². The van der Waals surface area contributed by atoms with E-state index in [9.17, 15) is 4.39 Å². The molecule has 2 rings (SSSR count). The van der Waals surface area contributed by atoms with Gasteiger partial charge in [-0.15, -0.1) is 11.6 Å². The van der Waals surface area contributed by atoms with Gasteiger partial charge in [-0.05, 0) is 42.0 Å². The van der Waals surface area contributed by atoms with Gasteiger partial charge in [0.1, 0.15) is 11.6 Å². The summed E-state index contributed by atoms with van der Waals surface area (Å²) in [4.78, 5) is 4.53. The SMILES string of the molecule is CCCCOCCn1c(C(C)Cl)nc2cc(I)c(F)cc21. The summed E-state index contributed by atoms with van der Waals surface area (Å²) < 4.78 is 21.9. The molecule has 21 heavy (non-hydrogen) atoms. The minimum Gasteiger partial charge on any atom is -0.380 e. The number of alkyl halides is 1. The Labute approximate surface area is 143 Å². The van der Waals surface area contributed by atoms with E-state index in [1.807, 2.05) is 34.1 Å². The topological polar surface area (TPSA) is 27.1 Å². The van der Waals surface area contributed by atoms with Crippen molar-refractivity contribution in [2.75, 3.05) is 13.2 Å². The smallest absolute Gasteiger partial charge is 0.138 e. The van der Waals surface area contributed by atoms with Gasteiger partial charge in [-0.1, -0.05) is 13.3 Å². The molecule has 0 aliphatic heterocycles. The van der Waals surface area contributed by atoms with Gasteiger partial charge in [0.15, 0.2) is 0 Å². The summed E-state index contributed by atoms with van der Waals surface area (Å²) in [7, 11) is 0. The van der Waals surface area contributed by atoms with Gasteiger partial charge in [0, 0.05) is 19.2 Å². The number of rotatable bonds is 7. The molecule has 0 saturated heterocycles. The summed E-state index contributed by atoms with van der Waals surface area (Å²) in [5.74, 6) is 0.525. The van der Waals surface area contributed by atoms with Gasteiger partial charge in [-0.25, -0.2) is 9.37 Å². The third-order valence-electron chi connectivity index (χ3n) is 3.28. The third-order valence-corrected chi connectivity index (χ3v) is 4.30. The first kappa shape index (κ1) is 17.0. The van der Waals surface area contributed by atoms with E-state index in [2.05, 4.69) is 11.9 Å². The lowest BCUT2D eigenvalue weighted by Crippen LogP contribution is -2.10. The van der Waals surface area contributed by atoms with Gasteiger partial charge in [0.2, 0.25) is 0 Å². The number of unbranched alkanes of at least 4 members (excludes halogenated alkanes) is 1. The Hall–Kier alpha value is -0.400. The highest BCUT2D eigenvalue weighted by Crippen LogP contribution is 2.27. The number of fused-ring (bicyclic) bond motifs is 1. The molecule has 1 unspecified atom stereocenters. The summed E-state index contributed by atoms with van der Waals surface area (Å²) in [5.41, 5.74) is 1.55. The van der Waals surface area contributed by atoms with E-state index < -0.39 is 0 Å². The van der Waals surface area contributed by atoms with Crippen LogP contribution in [0, 0.1) is 9.39 Å². The number of aromatic nitrogens is 2. The second kappa shape index (κ2) is 7.74. The number of ether oxygens (including phenoxy) is 1. The highest BCUT2D eigenvalue weighted by molar-refractivity contribution is 14.1. The minimum atomic E-state index is -0.232. The molecule has 0 aliphatic carbocycles. The third kappa shape index (κ3) is 4.07. The van der Waals surface area contributed by atoms with E-state index in [1.165, 1.54) is 6.07 Å². The van der Waals surface area contributed by atoms with Crippen LogP contribution in [0.5, 0.6) is 0 Å². The van der Waals surface area contributed by atoms with Crippen molar-refractivity contribution < 1.29 is 9.13 Å². The van der Waals surface area contributed by atoms with Crippen LogP contribution in [0.25, 0.3) is 11.0 Å². The predicted octanol–water partition coefficient (Wildman–Crippen LogP) is 4.90. The first-order valence-corrected chi connectivity index (χ1v) is 8.63. The van der Waals surface area contributed by atoms with Crippen LogP contribution < -0.4 is 0 Å². The van der Waals surface area contributed by atoms with Gasteiger partial charge in [-0.2, -0.15) is 0 Å². The Morgan fingerprint density at radius 3 is 2.86 bits per heavy atom. The first-order valence-electron chi connectivity index (χ1n) is 7.11. The molecule has 0 aliphatic rings. The van der Waals surface area contributed by atoms with Gasteiger partial charge in [0.05, 0.1) is 26.6 Å². The monoisotopic (exact) mass is 424 g/mol. The second-order valence-electron chi connectivity index (χ2n) is 4.96. The number of nitrogens with zero attached hydrogens (tertiary/aromatic N) is 2. The van der Waals surface area contributed by atoms with E-state index in [4.69, 9.17) is 16.3 Å². The van der Waals surface area contributed by atoms with Crippen LogP contribution in [-0.4, -0.2) is 22.8 Å².